The van der Waals surface area contributed by atoms with Crippen molar-refractivity contribution in [3.63, 3.8) is 0 Å². The van der Waals surface area contributed by atoms with Crippen molar-refractivity contribution in [2.45, 2.75) is 150 Å². The van der Waals surface area contributed by atoms with Gasteiger partial charge in [0.2, 0.25) is 23.7 Å². The van der Waals surface area contributed by atoms with Gasteiger partial charge in [-0.25, -0.2) is 4.98 Å². The highest BCUT2D eigenvalue weighted by atomic mass is 33.1. The minimum Gasteiger partial charge on any atom is -0.496 e. The monoisotopic (exact) mass is 944 g/mol. The number of nitrogens with zero attached hydrogens (tertiary/aromatic N) is 5. The number of carbonyl (C=O) groups excluding carboxylic acids is 3. The summed E-state index contributed by atoms with van der Waals surface area (Å²) in [5.74, 6) is 1.14. The SMILES string of the molecule is CCCC.CCCCC.CCCCCNc1nc(N)nc2ccn(Cc3ccc(CN4CCN(C(=O)CCC(C)(C)SSCCNC(=O)CCNC(=O)CCC(=O)O)CC4)cc3OC)c12. The van der Waals surface area contributed by atoms with Gasteiger partial charge in [-0.1, -0.05) is 113 Å². The molecule has 3 amide bonds. The number of fused-ring (bicyclic) bond motifs is 1. The third-order valence-electron chi connectivity index (χ3n) is 10.7. The normalized spacial score (nSPS) is 12.7. The summed E-state index contributed by atoms with van der Waals surface area (Å²) in [5.41, 5.74) is 9.95. The minimum absolute atomic E-state index is 0.0995. The van der Waals surface area contributed by atoms with Crippen LogP contribution in [0.1, 0.15) is 143 Å². The van der Waals surface area contributed by atoms with Gasteiger partial charge in [0.05, 0.1) is 25.6 Å². The van der Waals surface area contributed by atoms with Gasteiger partial charge in [0.25, 0.3) is 0 Å². The first kappa shape index (κ1) is 56.9. The number of nitrogen functional groups attached to an aromatic ring is 1. The Kier molecular flexibility index (Phi) is 28.4. The van der Waals surface area contributed by atoms with E-state index in [1.165, 1.54) is 32.1 Å². The number of anilines is 2. The van der Waals surface area contributed by atoms with Crippen molar-refractivity contribution in [2.75, 3.05) is 69.7 Å². The van der Waals surface area contributed by atoms with Crippen LogP contribution in [0.2, 0.25) is 0 Å². The van der Waals surface area contributed by atoms with Gasteiger partial charge in [-0.3, -0.25) is 24.1 Å². The van der Waals surface area contributed by atoms with Crippen LogP contribution in [0.15, 0.2) is 30.5 Å². The number of benzene rings is 1. The third-order valence-corrected chi connectivity index (χ3v) is 14.1. The molecule has 3 aromatic rings. The lowest BCUT2D eigenvalue weighted by atomic mass is 10.1. The quantitative estimate of drug-likeness (QED) is 0.0360. The molecular weight excluding hydrogens is 863 g/mol. The highest BCUT2D eigenvalue weighted by Gasteiger charge is 2.25. The van der Waals surface area contributed by atoms with E-state index in [2.05, 4.69) is 102 Å². The molecule has 17 heteroatoms. The summed E-state index contributed by atoms with van der Waals surface area (Å²) in [6.07, 6.45) is 13.1. The molecule has 0 saturated carbocycles. The van der Waals surface area contributed by atoms with Crippen molar-refractivity contribution < 1.29 is 29.0 Å². The van der Waals surface area contributed by atoms with E-state index in [1.807, 2.05) is 17.2 Å². The molecule has 1 aliphatic rings. The number of carboxylic acids is 1. The first-order chi connectivity index (χ1) is 31.2. The summed E-state index contributed by atoms with van der Waals surface area (Å²) in [7, 11) is 5.08. The summed E-state index contributed by atoms with van der Waals surface area (Å²) in [4.78, 5) is 60.6. The molecule has 1 saturated heterocycles. The molecule has 0 aliphatic carbocycles. The molecule has 1 aliphatic heterocycles. The fourth-order valence-corrected chi connectivity index (χ4v) is 9.16. The first-order valence-electron chi connectivity index (χ1n) is 23.8. The topological polar surface area (TPSA) is 197 Å². The fraction of sp³-hybridized carbons (Fsp3) is 0.667. The lowest BCUT2D eigenvalue weighted by Gasteiger charge is -2.35. The van der Waals surface area contributed by atoms with E-state index in [9.17, 15) is 19.2 Å². The number of ether oxygens (including phenoxy) is 1. The number of amides is 3. The van der Waals surface area contributed by atoms with E-state index in [0.29, 0.717) is 38.4 Å². The molecule has 0 bridgehead atoms. The average Bonchev–Trinajstić information content (AvgIpc) is 3.69. The number of hydrogen-bond donors (Lipinski definition) is 5. The summed E-state index contributed by atoms with van der Waals surface area (Å²) in [6, 6.07) is 8.36. The highest BCUT2D eigenvalue weighted by molar-refractivity contribution is 8.77. The van der Waals surface area contributed by atoms with Crippen molar-refractivity contribution in [2.24, 2.45) is 0 Å². The van der Waals surface area contributed by atoms with Crippen molar-refractivity contribution >= 4 is 68.1 Å². The number of methoxy groups -OCH3 is 1. The Balaban J connectivity index is 0.00000147. The number of rotatable bonds is 27. The summed E-state index contributed by atoms with van der Waals surface area (Å²) in [6.45, 7) is 21.1. The molecule has 0 radical (unpaired) electrons. The van der Waals surface area contributed by atoms with Crippen LogP contribution in [0, 0.1) is 0 Å². The largest absolute Gasteiger partial charge is 0.496 e. The Morgan fingerprint density at radius 3 is 2.11 bits per heavy atom. The lowest BCUT2D eigenvalue weighted by Crippen LogP contribution is -2.48. The fourth-order valence-electron chi connectivity index (χ4n) is 6.68. The number of aromatic nitrogens is 3. The number of carbonyl (C=O) groups is 4. The maximum atomic E-state index is 13.2. The maximum absolute atomic E-state index is 13.2. The smallest absolute Gasteiger partial charge is 0.303 e. The second-order valence-corrected chi connectivity index (χ2v) is 20.0. The number of aliphatic carboxylic acids is 1. The van der Waals surface area contributed by atoms with Gasteiger partial charge < -0.3 is 41.0 Å². The van der Waals surface area contributed by atoms with E-state index in [0.717, 1.165) is 85.6 Å². The second-order valence-electron chi connectivity index (χ2n) is 16.9. The van der Waals surface area contributed by atoms with Gasteiger partial charge in [0.15, 0.2) is 5.82 Å². The Labute approximate surface area is 397 Å². The molecule has 366 valence electrons. The molecule has 3 heterocycles. The van der Waals surface area contributed by atoms with Crippen LogP contribution < -0.4 is 26.4 Å². The number of unbranched alkanes of at least 4 members (excludes halogenated alkanes) is 5. The Morgan fingerprint density at radius 2 is 1.48 bits per heavy atom. The number of nitrogens with one attached hydrogen (secondary N) is 3. The molecule has 65 heavy (non-hydrogen) atoms. The molecule has 15 nitrogen and oxygen atoms in total. The lowest BCUT2D eigenvalue weighted by molar-refractivity contribution is -0.139. The van der Waals surface area contributed by atoms with Gasteiger partial charge in [-0.15, -0.1) is 0 Å². The number of piperazine rings is 1. The summed E-state index contributed by atoms with van der Waals surface area (Å²) < 4.78 is 7.89. The number of hydrogen-bond acceptors (Lipinski definition) is 12. The molecule has 1 fully saturated rings. The van der Waals surface area contributed by atoms with Crippen LogP contribution >= 0.6 is 21.6 Å². The zero-order valence-electron chi connectivity index (χ0n) is 40.8. The van der Waals surface area contributed by atoms with Gasteiger partial charge in [0.1, 0.15) is 11.3 Å². The van der Waals surface area contributed by atoms with Crippen molar-refractivity contribution in [3.8, 4) is 5.75 Å². The van der Waals surface area contributed by atoms with E-state index in [1.54, 1.807) is 28.7 Å². The molecular formula is C48H81N9O6S2. The number of carboxylic acid groups (broad SMARTS) is 1. The van der Waals surface area contributed by atoms with E-state index >= 15 is 0 Å². The molecule has 0 unspecified atom stereocenters. The molecule has 2 aromatic heterocycles. The van der Waals surface area contributed by atoms with Crippen LogP contribution in [0.4, 0.5) is 11.8 Å². The van der Waals surface area contributed by atoms with Crippen LogP contribution in [0.5, 0.6) is 5.75 Å². The average molecular weight is 944 g/mol. The second kappa shape index (κ2) is 32.5. The van der Waals surface area contributed by atoms with Gasteiger partial charge in [-0.05, 0) is 44.4 Å². The van der Waals surface area contributed by atoms with Gasteiger partial charge >= 0.3 is 5.97 Å². The van der Waals surface area contributed by atoms with E-state index in [-0.39, 0.29) is 54.2 Å². The molecule has 0 atom stereocenters. The van der Waals surface area contributed by atoms with Gasteiger partial charge in [0, 0.05) is 93.9 Å². The molecule has 0 spiro atoms. The van der Waals surface area contributed by atoms with Crippen molar-refractivity contribution in [1.82, 2.24) is 35.0 Å². The molecule has 6 N–H and O–H groups in total. The first-order valence-corrected chi connectivity index (χ1v) is 26.1. The zero-order valence-corrected chi connectivity index (χ0v) is 42.4. The molecule has 4 rings (SSSR count). The third kappa shape index (κ3) is 23.2. The standard InChI is InChI=1S/C39H59N9O6S2.C5H12.C4H10/c1-5-6-7-16-43-37-36-30(44-38(40)45-37)14-19-48(36)27-29-9-8-28(25-31(29)54-4)26-46-20-22-47(23-21-46)34(51)12-15-39(2,3)56-55-24-18-42-33(50)13-17-41-32(49)10-11-35(52)53;1-3-5-4-2;1-3-4-2/h8-9,14,19,25H,5-7,10-13,15-18,20-24,26-27H2,1-4H3,(H,41,49)(H,42,50)(H,52,53)(H3,40,43,44,45);3-5H2,1-2H3;3-4H2,1-2H3. The van der Waals surface area contributed by atoms with Crippen LogP contribution in [0.3, 0.4) is 0 Å². The summed E-state index contributed by atoms with van der Waals surface area (Å²) >= 11 is 0. The van der Waals surface area contributed by atoms with Crippen molar-refractivity contribution in [3.05, 3.63) is 41.6 Å². The van der Waals surface area contributed by atoms with Crippen LogP contribution in [-0.4, -0.2) is 117 Å². The predicted molar refractivity (Wildman–Crippen MR) is 271 cm³/mol. The maximum Gasteiger partial charge on any atom is 0.303 e. The predicted octanol–water partition coefficient (Wildman–Crippen LogP) is 8.75. The van der Waals surface area contributed by atoms with Crippen LogP contribution in [0.25, 0.3) is 11.0 Å². The Morgan fingerprint density at radius 1 is 0.800 bits per heavy atom. The highest BCUT2D eigenvalue weighted by Crippen LogP contribution is 2.38. The van der Waals surface area contributed by atoms with Crippen LogP contribution in [-0.2, 0) is 32.3 Å². The summed E-state index contributed by atoms with van der Waals surface area (Å²) in [5, 5.41) is 17.5. The minimum atomic E-state index is -1.03. The van der Waals surface area contributed by atoms with Crippen molar-refractivity contribution in [1.29, 1.82) is 0 Å². The Bertz CT molecular complexity index is 1850. The molecule has 1 aromatic carbocycles. The zero-order chi connectivity index (χ0) is 48.0. The number of nitrogens with two attached hydrogens (primary N) is 1. The van der Waals surface area contributed by atoms with E-state index < -0.39 is 5.97 Å². The van der Waals surface area contributed by atoms with Gasteiger partial charge in [-0.2, -0.15) is 4.98 Å². The van der Waals surface area contributed by atoms with E-state index in [4.69, 9.17) is 15.6 Å². The Hall–Kier alpha value is -4.22.